The van der Waals surface area contributed by atoms with E-state index in [1.807, 2.05) is 31.2 Å². The van der Waals surface area contributed by atoms with Crippen LogP contribution in [0.4, 0.5) is 5.69 Å². The lowest BCUT2D eigenvalue weighted by atomic mass is 10.1. The summed E-state index contributed by atoms with van der Waals surface area (Å²) in [6.45, 7) is 1.83. The van der Waals surface area contributed by atoms with Gasteiger partial charge in [0.25, 0.3) is 0 Å². The Morgan fingerprint density at radius 1 is 1.12 bits per heavy atom. The lowest BCUT2D eigenvalue weighted by Gasteiger charge is -2.14. The first-order chi connectivity index (χ1) is 15.8. The molecule has 0 saturated carbocycles. The van der Waals surface area contributed by atoms with Gasteiger partial charge in [0.2, 0.25) is 11.8 Å². The van der Waals surface area contributed by atoms with Crippen LogP contribution in [0.25, 0.3) is 0 Å². The molecule has 2 N–H and O–H groups in total. The van der Waals surface area contributed by atoms with Gasteiger partial charge in [0.05, 0.1) is 41.1 Å². The Hall–Kier alpha value is -2.75. The van der Waals surface area contributed by atoms with E-state index in [0.717, 1.165) is 11.3 Å². The molecule has 0 radical (unpaired) electrons. The first-order valence-corrected chi connectivity index (χ1v) is 11.7. The third-order valence-electron chi connectivity index (χ3n) is 4.72. The summed E-state index contributed by atoms with van der Waals surface area (Å²) in [5.74, 6) is 1.03. The molecular weight excluding hydrogens is 485 g/mol. The fourth-order valence-corrected chi connectivity index (χ4v) is 4.10. The maximum Gasteiger partial charge on any atom is 0.234 e. The third kappa shape index (κ3) is 6.63. The SMILES string of the molecule is COc1ccc(CC(=O)N[C@H](C)c2nnc(SCC(=O)Nc3cccc(Cl)c3Cl)n2C)cc1. The number of amides is 2. The average Bonchev–Trinajstić information content (AvgIpc) is 3.16. The summed E-state index contributed by atoms with van der Waals surface area (Å²) in [6.07, 6.45) is 0.236. The number of hydrogen-bond donors (Lipinski definition) is 2. The van der Waals surface area contributed by atoms with E-state index in [2.05, 4.69) is 20.8 Å². The van der Waals surface area contributed by atoms with Gasteiger partial charge < -0.3 is 19.9 Å². The number of hydrogen-bond acceptors (Lipinski definition) is 6. The largest absolute Gasteiger partial charge is 0.497 e. The number of carbonyl (C=O) groups excluding carboxylic acids is 2. The number of rotatable bonds is 9. The van der Waals surface area contributed by atoms with Crippen LogP contribution in [0.3, 0.4) is 0 Å². The van der Waals surface area contributed by atoms with Gasteiger partial charge in [-0.05, 0) is 36.8 Å². The van der Waals surface area contributed by atoms with Gasteiger partial charge in [-0.25, -0.2) is 0 Å². The van der Waals surface area contributed by atoms with E-state index in [4.69, 9.17) is 27.9 Å². The molecule has 11 heteroatoms. The van der Waals surface area contributed by atoms with E-state index < -0.39 is 0 Å². The molecule has 1 heterocycles. The number of methoxy groups -OCH3 is 1. The third-order valence-corrected chi connectivity index (χ3v) is 6.55. The molecule has 0 bridgehead atoms. The van der Waals surface area contributed by atoms with E-state index >= 15 is 0 Å². The average molecular weight is 508 g/mol. The number of nitrogens with zero attached hydrogens (tertiary/aromatic N) is 3. The zero-order chi connectivity index (χ0) is 24.0. The van der Waals surface area contributed by atoms with Crippen LogP contribution in [-0.4, -0.2) is 39.4 Å². The van der Waals surface area contributed by atoms with E-state index in [-0.39, 0.29) is 35.1 Å². The smallest absolute Gasteiger partial charge is 0.234 e. The maximum atomic E-state index is 12.4. The molecule has 3 rings (SSSR count). The monoisotopic (exact) mass is 507 g/mol. The first-order valence-electron chi connectivity index (χ1n) is 9.96. The number of carbonyl (C=O) groups is 2. The zero-order valence-corrected chi connectivity index (χ0v) is 20.6. The Kier molecular flexibility index (Phi) is 8.60. The number of ether oxygens (including phenoxy) is 1. The van der Waals surface area contributed by atoms with Crippen molar-refractivity contribution in [2.75, 3.05) is 18.2 Å². The molecule has 0 aliphatic carbocycles. The summed E-state index contributed by atoms with van der Waals surface area (Å²) in [7, 11) is 3.38. The van der Waals surface area contributed by atoms with Crippen LogP contribution in [0, 0.1) is 0 Å². The second-order valence-corrected chi connectivity index (χ2v) is 8.88. The van der Waals surface area contributed by atoms with E-state index in [0.29, 0.717) is 21.7 Å². The van der Waals surface area contributed by atoms with Gasteiger partial charge in [0.1, 0.15) is 5.75 Å². The molecule has 3 aromatic rings. The van der Waals surface area contributed by atoms with Crippen molar-refractivity contribution in [3.05, 3.63) is 63.9 Å². The lowest BCUT2D eigenvalue weighted by molar-refractivity contribution is -0.121. The predicted octanol–water partition coefficient (Wildman–Crippen LogP) is 4.28. The van der Waals surface area contributed by atoms with Crippen molar-refractivity contribution in [2.45, 2.75) is 24.5 Å². The van der Waals surface area contributed by atoms with E-state index in [9.17, 15) is 9.59 Å². The van der Waals surface area contributed by atoms with Gasteiger partial charge in [0, 0.05) is 7.05 Å². The summed E-state index contributed by atoms with van der Waals surface area (Å²) in [4.78, 5) is 24.7. The van der Waals surface area contributed by atoms with Gasteiger partial charge in [-0.3, -0.25) is 9.59 Å². The van der Waals surface area contributed by atoms with Crippen molar-refractivity contribution in [1.29, 1.82) is 0 Å². The Balaban J connectivity index is 1.54. The molecule has 0 saturated heterocycles. The summed E-state index contributed by atoms with van der Waals surface area (Å²) in [5, 5.41) is 15.2. The highest BCUT2D eigenvalue weighted by molar-refractivity contribution is 7.99. The van der Waals surface area contributed by atoms with E-state index in [1.54, 1.807) is 36.9 Å². The number of benzene rings is 2. The molecule has 0 unspecified atom stereocenters. The van der Waals surface area contributed by atoms with Crippen LogP contribution in [0.15, 0.2) is 47.6 Å². The number of aromatic nitrogens is 3. The number of anilines is 1. The molecule has 0 fully saturated rings. The van der Waals surface area contributed by atoms with Crippen molar-refractivity contribution < 1.29 is 14.3 Å². The van der Waals surface area contributed by atoms with Crippen LogP contribution in [0.1, 0.15) is 24.4 Å². The molecule has 1 atom stereocenters. The topological polar surface area (TPSA) is 98.1 Å². The summed E-state index contributed by atoms with van der Waals surface area (Å²) in [5.41, 5.74) is 1.32. The molecular formula is C22H23Cl2N5O3S. The molecule has 2 amide bonds. The highest BCUT2D eigenvalue weighted by atomic mass is 35.5. The van der Waals surface area contributed by atoms with Crippen LogP contribution >= 0.6 is 35.0 Å². The van der Waals surface area contributed by atoms with Crippen LogP contribution < -0.4 is 15.4 Å². The standard InChI is InChI=1S/C22H23Cl2N5O3S/c1-13(25-18(30)11-14-7-9-15(32-3)10-8-14)21-27-28-22(29(21)2)33-12-19(31)26-17-6-4-5-16(23)20(17)24/h4-10,13H,11-12H2,1-3H3,(H,25,30)(H,26,31)/t13-/m1/s1. The van der Waals surface area contributed by atoms with Crippen molar-refractivity contribution in [2.24, 2.45) is 7.05 Å². The number of nitrogens with one attached hydrogen (secondary N) is 2. The molecule has 174 valence electrons. The number of halogens is 2. The Labute approximate surface area is 206 Å². The fourth-order valence-electron chi connectivity index (χ4n) is 3.03. The highest BCUT2D eigenvalue weighted by Gasteiger charge is 2.19. The molecule has 0 aliphatic rings. The summed E-state index contributed by atoms with van der Waals surface area (Å²) in [6, 6.07) is 12.0. The zero-order valence-electron chi connectivity index (χ0n) is 18.3. The van der Waals surface area contributed by atoms with Gasteiger partial charge in [0.15, 0.2) is 11.0 Å². The normalized spacial score (nSPS) is 11.7. The Morgan fingerprint density at radius 3 is 2.55 bits per heavy atom. The quantitative estimate of drug-likeness (QED) is 0.419. The van der Waals surface area contributed by atoms with Crippen LogP contribution in [0.2, 0.25) is 10.0 Å². The molecule has 0 spiro atoms. The molecule has 2 aromatic carbocycles. The minimum absolute atomic E-state index is 0.104. The Morgan fingerprint density at radius 2 is 1.85 bits per heavy atom. The van der Waals surface area contributed by atoms with Crippen molar-refractivity contribution in [1.82, 2.24) is 20.1 Å². The van der Waals surface area contributed by atoms with Crippen LogP contribution in [-0.2, 0) is 23.1 Å². The minimum atomic E-state index is -0.360. The lowest BCUT2D eigenvalue weighted by Crippen LogP contribution is -2.29. The van der Waals surface area contributed by atoms with Gasteiger partial charge >= 0.3 is 0 Å². The summed E-state index contributed by atoms with van der Waals surface area (Å²) < 4.78 is 6.88. The van der Waals surface area contributed by atoms with Crippen molar-refractivity contribution in [3.63, 3.8) is 0 Å². The van der Waals surface area contributed by atoms with Gasteiger partial charge in [-0.1, -0.05) is 53.2 Å². The van der Waals surface area contributed by atoms with E-state index in [1.165, 1.54) is 11.8 Å². The van der Waals surface area contributed by atoms with Gasteiger partial charge in [-0.2, -0.15) is 0 Å². The van der Waals surface area contributed by atoms with Gasteiger partial charge in [-0.15, -0.1) is 10.2 Å². The first kappa shape index (κ1) is 24.9. The molecule has 8 nitrogen and oxygen atoms in total. The second kappa shape index (κ2) is 11.4. The fraction of sp³-hybridized carbons (Fsp3) is 0.273. The van der Waals surface area contributed by atoms with Crippen molar-refractivity contribution in [3.8, 4) is 5.75 Å². The number of thioether (sulfide) groups is 1. The minimum Gasteiger partial charge on any atom is -0.497 e. The van der Waals surface area contributed by atoms with Crippen LogP contribution in [0.5, 0.6) is 5.75 Å². The highest BCUT2D eigenvalue weighted by Crippen LogP contribution is 2.29. The van der Waals surface area contributed by atoms with Crippen molar-refractivity contribution >= 4 is 52.5 Å². The molecule has 0 aliphatic heterocycles. The molecule has 1 aromatic heterocycles. The summed E-state index contributed by atoms with van der Waals surface area (Å²) >= 11 is 13.3. The second-order valence-electron chi connectivity index (χ2n) is 7.15. The Bertz CT molecular complexity index is 1140. The molecule has 33 heavy (non-hydrogen) atoms. The maximum absolute atomic E-state index is 12.4. The predicted molar refractivity (Wildman–Crippen MR) is 130 cm³/mol.